The number of fused-ring (bicyclic) bond motifs is 1. The van der Waals surface area contributed by atoms with Gasteiger partial charge in [0.05, 0.1) is 22.5 Å². The van der Waals surface area contributed by atoms with Gasteiger partial charge in [-0.15, -0.1) is 0 Å². The van der Waals surface area contributed by atoms with E-state index in [0.29, 0.717) is 5.52 Å². The predicted molar refractivity (Wildman–Crippen MR) is 99.7 cm³/mol. The van der Waals surface area contributed by atoms with E-state index in [1.54, 1.807) is 12.1 Å². The second-order valence-electron chi connectivity index (χ2n) is 7.19. The topological polar surface area (TPSA) is 81.2 Å². The fourth-order valence-corrected chi connectivity index (χ4v) is 3.98. The lowest BCUT2D eigenvalue weighted by Crippen LogP contribution is -2.33. The molecule has 0 atom stereocenters. The maximum atomic E-state index is 11.6. The maximum absolute atomic E-state index is 11.6. The average Bonchev–Trinajstić information content (AvgIpc) is 2.90. The first-order chi connectivity index (χ1) is 11.9. The van der Waals surface area contributed by atoms with Crippen LogP contribution in [0.15, 0.2) is 23.1 Å². The molecule has 1 fully saturated rings. The molecule has 3 rings (SSSR count). The summed E-state index contributed by atoms with van der Waals surface area (Å²) in [4.78, 5) is 7.33. The molecule has 0 radical (unpaired) electrons. The predicted octanol–water partition coefficient (Wildman–Crippen LogP) is 2.72. The standard InChI is InChI=1S/C18H28N4O2S/c1-3-4-9-22-17-6-5-15(25(19,23)24)12-16(17)20-18(22)13-21-10-7-14(2)8-11-21/h5-6,12,14H,3-4,7-11,13H2,1-2H3,(H2,19,23,24). The minimum atomic E-state index is -3.71. The summed E-state index contributed by atoms with van der Waals surface area (Å²) in [5.74, 6) is 1.82. The number of rotatable bonds is 6. The molecule has 2 heterocycles. The molecule has 6 nitrogen and oxygen atoms in total. The second kappa shape index (κ2) is 7.43. The monoisotopic (exact) mass is 364 g/mol. The van der Waals surface area contributed by atoms with Gasteiger partial charge in [-0.05, 0) is 56.5 Å². The highest BCUT2D eigenvalue weighted by Crippen LogP contribution is 2.23. The molecule has 2 N–H and O–H groups in total. The Morgan fingerprint density at radius 2 is 2.00 bits per heavy atom. The molecule has 2 aromatic rings. The lowest BCUT2D eigenvalue weighted by atomic mass is 9.99. The number of hydrogen-bond acceptors (Lipinski definition) is 4. The fraction of sp³-hybridized carbons (Fsp3) is 0.611. The van der Waals surface area contributed by atoms with Crippen LogP contribution >= 0.6 is 0 Å². The highest BCUT2D eigenvalue weighted by atomic mass is 32.2. The van der Waals surface area contributed by atoms with Gasteiger partial charge in [-0.2, -0.15) is 0 Å². The number of hydrogen-bond donors (Lipinski definition) is 1. The van der Waals surface area contributed by atoms with E-state index in [1.807, 2.05) is 6.07 Å². The first-order valence-electron chi connectivity index (χ1n) is 9.13. The van der Waals surface area contributed by atoms with Crippen molar-refractivity contribution in [2.45, 2.75) is 57.5 Å². The van der Waals surface area contributed by atoms with Crippen LogP contribution < -0.4 is 5.14 Å². The molecule has 1 aliphatic heterocycles. The first kappa shape index (κ1) is 18.4. The Labute approximate surface area is 150 Å². The van der Waals surface area contributed by atoms with E-state index in [1.165, 1.54) is 12.8 Å². The van der Waals surface area contributed by atoms with Crippen LogP contribution in [0, 0.1) is 5.92 Å². The summed E-state index contributed by atoms with van der Waals surface area (Å²) in [5.41, 5.74) is 1.70. The molecule has 0 aliphatic carbocycles. The number of nitrogens with two attached hydrogens (primary N) is 1. The number of primary sulfonamides is 1. The van der Waals surface area contributed by atoms with Crippen LogP contribution in [0.25, 0.3) is 11.0 Å². The van der Waals surface area contributed by atoms with Crippen molar-refractivity contribution in [1.82, 2.24) is 14.5 Å². The van der Waals surface area contributed by atoms with E-state index < -0.39 is 10.0 Å². The molecule has 0 spiro atoms. The summed E-state index contributed by atoms with van der Waals surface area (Å²) in [6, 6.07) is 5.00. The van der Waals surface area contributed by atoms with Crippen LogP contribution in [-0.4, -0.2) is 36.0 Å². The summed E-state index contributed by atoms with van der Waals surface area (Å²) >= 11 is 0. The van der Waals surface area contributed by atoms with Crippen molar-refractivity contribution < 1.29 is 8.42 Å². The Morgan fingerprint density at radius 3 is 2.64 bits per heavy atom. The number of piperidine rings is 1. The normalized spacial score (nSPS) is 17.4. The minimum absolute atomic E-state index is 0.124. The van der Waals surface area contributed by atoms with E-state index in [2.05, 4.69) is 23.3 Å². The third-order valence-electron chi connectivity index (χ3n) is 5.10. The Kier molecular flexibility index (Phi) is 5.46. The van der Waals surface area contributed by atoms with E-state index >= 15 is 0 Å². The molecule has 1 saturated heterocycles. The Hall–Kier alpha value is -1.44. The Bertz CT molecular complexity index is 836. The number of aromatic nitrogens is 2. The molecule has 0 unspecified atom stereocenters. The second-order valence-corrected chi connectivity index (χ2v) is 8.75. The van der Waals surface area contributed by atoms with Gasteiger partial charge >= 0.3 is 0 Å². The van der Waals surface area contributed by atoms with Crippen LogP contribution in [-0.2, 0) is 23.1 Å². The zero-order valence-electron chi connectivity index (χ0n) is 15.1. The maximum Gasteiger partial charge on any atom is 0.238 e. The quantitative estimate of drug-likeness (QED) is 0.854. The van der Waals surface area contributed by atoms with Gasteiger partial charge in [-0.25, -0.2) is 18.5 Å². The van der Waals surface area contributed by atoms with E-state index in [4.69, 9.17) is 10.1 Å². The van der Waals surface area contributed by atoms with Gasteiger partial charge in [0, 0.05) is 6.54 Å². The van der Waals surface area contributed by atoms with Crippen molar-refractivity contribution in [3.05, 3.63) is 24.0 Å². The zero-order chi connectivity index (χ0) is 18.0. The Morgan fingerprint density at radius 1 is 1.28 bits per heavy atom. The van der Waals surface area contributed by atoms with Gasteiger partial charge in [0.2, 0.25) is 10.0 Å². The summed E-state index contributed by atoms with van der Waals surface area (Å²) in [5, 5.41) is 5.26. The van der Waals surface area contributed by atoms with Crippen LogP contribution in [0.2, 0.25) is 0 Å². The summed E-state index contributed by atoms with van der Waals surface area (Å²) < 4.78 is 25.5. The third-order valence-corrected chi connectivity index (χ3v) is 6.01. The summed E-state index contributed by atoms with van der Waals surface area (Å²) in [6.07, 6.45) is 4.64. The van der Waals surface area contributed by atoms with E-state index in [0.717, 1.165) is 56.3 Å². The van der Waals surface area contributed by atoms with E-state index in [-0.39, 0.29) is 4.90 Å². The smallest absolute Gasteiger partial charge is 0.238 e. The number of aryl methyl sites for hydroxylation is 1. The van der Waals surface area contributed by atoms with Crippen LogP contribution in [0.1, 0.15) is 45.4 Å². The van der Waals surface area contributed by atoms with Crippen molar-refractivity contribution in [3.63, 3.8) is 0 Å². The molecule has 0 saturated carbocycles. The summed E-state index contributed by atoms with van der Waals surface area (Å²) in [7, 11) is -3.71. The van der Waals surface area contributed by atoms with Crippen molar-refractivity contribution >= 4 is 21.1 Å². The van der Waals surface area contributed by atoms with Gasteiger partial charge in [0.1, 0.15) is 5.82 Å². The van der Waals surface area contributed by atoms with Crippen LogP contribution in [0.4, 0.5) is 0 Å². The summed E-state index contributed by atoms with van der Waals surface area (Å²) in [6.45, 7) is 8.39. The van der Waals surface area contributed by atoms with Crippen LogP contribution in [0.3, 0.4) is 0 Å². The SMILES string of the molecule is CCCCn1c(CN2CCC(C)CC2)nc2cc(S(N)(=O)=O)ccc21. The van der Waals surface area contributed by atoms with Gasteiger partial charge in [0.15, 0.2) is 0 Å². The van der Waals surface area contributed by atoms with Crippen molar-refractivity contribution in [1.29, 1.82) is 0 Å². The molecule has 1 aliphatic rings. The van der Waals surface area contributed by atoms with E-state index in [9.17, 15) is 8.42 Å². The van der Waals surface area contributed by atoms with Crippen molar-refractivity contribution in [3.8, 4) is 0 Å². The first-order valence-corrected chi connectivity index (χ1v) is 10.7. The average molecular weight is 365 g/mol. The Balaban J connectivity index is 1.94. The van der Waals surface area contributed by atoms with Crippen molar-refractivity contribution in [2.24, 2.45) is 11.1 Å². The van der Waals surface area contributed by atoms with Gasteiger partial charge in [-0.3, -0.25) is 4.90 Å². The number of imidazole rings is 1. The van der Waals surface area contributed by atoms with Gasteiger partial charge < -0.3 is 4.57 Å². The highest BCUT2D eigenvalue weighted by Gasteiger charge is 2.20. The molecule has 1 aromatic heterocycles. The molecular weight excluding hydrogens is 336 g/mol. The largest absolute Gasteiger partial charge is 0.327 e. The van der Waals surface area contributed by atoms with Crippen molar-refractivity contribution in [2.75, 3.05) is 13.1 Å². The number of likely N-dealkylation sites (tertiary alicyclic amines) is 1. The lowest BCUT2D eigenvalue weighted by Gasteiger charge is -2.30. The highest BCUT2D eigenvalue weighted by molar-refractivity contribution is 7.89. The van der Waals surface area contributed by atoms with Crippen LogP contribution in [0.5, 0.6) is 0 Å². The lowest BCUT2D eigenvalue weighted by molar-refractivity contribution is 0.179. The molecule has 138 valence electrons. The molecule has 1 aromatic carbocycles. The number of unbranched alkanes of at least 4 members (excludes halogenated alkanes) is 1. The number of benzene rings is 1. The molecule has 0 bridgehead atoms. The minimum Gasteiger partial charge on any atom is -0.327 e. The van der Waals surface area contributed by atoms with Gasteiger partial charge in [0.25, 0.3) is 0 Å². The van der Waals surface area contributed by atoms with Gasteiger partial charge in [-0.1, -0.05) is 20.3 Å². The fourth-order valence-electron chi connectivity index (χ4n) is 3.44. The molecule has 7 heteroatoms. The zero-order valence-corrected chi connectivity index (χ0v) is 15.9. The molecular formula is C18H28N4O2S. The number of nitrogens with zero attached hydrogens (tertiary/aromatic N) is 3. The number of sulfonamides is 1. The molecule has 0 amide bonds. The molecule has 25 heavy (non-hydrogen) atoms. The third kappa shape index (κ3) is 4.22.